The number of rotatable bonds is 2. The van der Waals surface area contributed by atoms with Crippen LogP contribution in [0.2, 0.25) is 0 Å². The molecule has 0 amide bonds. The van der Waals surface area contributed by atoms with Crippen LogP contribution >= 0.6 is 0 Å². The Morgan fingerprint density at radius 2 is 1.50 bits per heavy atom. The van der Waals surface area contributed by atoms with Gasteiger partial charge >= 0.3 is 82.7 Å². The second-order valence-electron chi connectivity index (χ2n) is 2.68. The zero-order valence-electron chi connectivity index (χ0n) is 6.54. The average molecular weight is 193 g/mol. The van der Waals surface area contributed by atoms with Gasteiger partial charge in [0.1, 0.15) is 0 Å². The molecular formula is C9H9N2Ti. The average Bonchev–Trinajstić information content (AvgIpc) is 2.77. The number of aromatic amines is 2. The molecule has 2 aromatic rings. The number of H-pyrrole nitrogens is 2. The predicted molar refractivity (Wildman–Crippen MR) is 43.4 cm³/mol. The third-order valence-electron chi connectivity index (χ3n) is 1.87. The zero-order valence-corrected chi connectivity index (χ0v) is 8.10. The molecule has 0 radical (unpaired) electrons. The Kier molecular flexibility index (Phi) is 2.20. The van der Waals surface area contributed by atoms with Gasteiger partial charge in [0.25, 0.3) is 0 Å². The van der Waals surface area contributed by atoms with Crippen molar-refractivity contribution >= 4 is 0 Å². The van der Waals surface area contributed by atoms with E-state index in [2.05, 4.69) is 42.5 Å². The second-order valence-corrected chi connectivity index (χ2v) is 3.59. The Morgan fingerprint density at radius 1 is 1.00 bits per heavy atom. The Labute approximate surface area is 82.8 Å². The fourth-order valence-electron chi connectivity index (χ4n) is 1.22. The van der Waals surface area contributed by atoms with E-state index in [1.54, 1.807) is 0 Å². The van der Waals surface area contributed by atoms with Crippen LogP contribution in [-0.2, 0) is 20.4 Å². The van der Waals surface area contributed by atoms with Crippen LogP contribution in [0.5, 0.6) is 0 Å². The molecule has 2 aromatic heterocycles. The first-order chi connectivity index (χ1) is 5.88. The van der Waals surface area contributed by atoms with Crippen LogP contribution in [0.25, 0.3) is 0 Å². The summed E-state index contributed by atoms with van der Waals surface area (Å²) in [6, 6.07) is 8.25. The molecule has 0 saturated carbocycles. The van der Waals surface area contributed by atoms with Gasteiger partial charge in [-0.25, -0.2) is 0 Å². The fourth-order valence-corrected chi connectivity index (χ4v) is 1.78. The standard InChI is InChI=1S/C9H9N2.Ti/c1-3-8(10-5-1)7-9-4-2-6-11-9;/h1-7,10-11H;. The molecule has 2 heterocycles. The molecule has 0 saturated heterocycles. The first kappa shape index (κ1) is 7.90. The quantitative estimate of drug-likeness (QED) is 0.683. The summed E-state index contributed by atoms with van der Waals surface area (Å²) in [6.45, 7) is 0. The van der Waals surface area contributed by atoms with Crippen LogP contribution in [0.3, 0.4) is 0 Å². The van der Waals surface area contributed by atoms with Gasteiger partial charge in [-0.3, -0.25) is 0 Å². The van der Waals surface area contributed by atoms with Crippen molar-refractivity contribution in [2.75, 3.05) is 0 Å². The van der Waals surface area contributed by atoms with Gasteiger partial charge in [-0.2, -0.15) is 0 Å². The maximum absolute atomic E-state index is 3.21. The number of hydrogen-bond acceptors (Lipinski definition) is 0. The first-order valence-electron chi connectivity index (χ1n) is 3.85. The van der Waals surface area contributed by atoms with Crippen LogP contribution in [0, 0.1) is 0 Å². The minimum absolute atomic E-state index is 0.426. The van der Waals surface area contributed by atoms with Gasteiger partial charge in [0.15, 0.2) is 0 Å². The summed E-state index contributed by atoms with van der Waals surface area (Å²) in [4.78, 5) is 6.41. The zero-order chi connectivity index (χ0) is 8.39. The van der Waals surface area contributed by atoms with Crippen molar-refractivity contribution in [2.24, 2.45) is 0 Å². The van der Waals surface area contributed by atoms with Crippen molar-refractivity contribution in [1.82, 2.24) is 9.97 Å². The van der Waals surface area contributed by atoms with E-state index in [1.165, 1.54) is 11.4 Å². The van der Waals surface area contributed by atoms with Crippen molar-refractivity contribution < 1.29 is 20.4 Å². The van der Waals surface area contributed by atoms with E-state index in [4.69, 9.17) is 0 Å². The van der Waals surface area contributed by atoms with E-state index in [9.17, 15) is 0 Å². The molecule has 2 N–H and O–H groups in total. The third-order valence-corrected chi connectivity index (χ3v) is 2.84. The molecule has 0 aliphatic carbocycles. The monoisotopic (exact) mass is 193 g/mol. The van der Waals surface area contributed by atoms with E-state index >= 15 is 0 Å². The minimum atomic E-state index is 0.426. The van der Waals surface area contributed by atoms with Crippen LogP contribution in [0.1, 0.15) is 15.6 Å². The van der Waals surface area contributed by atoms with Gasteiger partial charge in [-0.1, -0.05) is 0 Å². The van der Waals surface area contributed by atoms with E-state index in [0.717, 1.165) is 0 Å². The molecule has 3 heteroatoms. The predicted octanol–water partition coefficient (Wildman–Crippen LogP) is 1.98. The summed E-state index contributed by atoms with van der Waals surface area (Å²) in [5.74, 6) is 0. The molecule has 2 nitrogen and oxygen atoms in total. The molecule has 0 bridgehead atoms. The molecular weight excluding hydrogens is 184 g/mol. The van der Waals surface area contributed by atoms with E-state index in [0.29, 0.717) is 4.22 Å². The summed E-state index contributed by atoms with van der Waals surface area (Å²) >= 11 is 2.18. The molecule has 12 heavy (non-hydrogen) atoms. The van der Waals surface area contributed by atoms with Crippen LogP contribution < -0.4 is 0 Å². The van der Waals surface area contributed by atoms with E-state index in [-0.39, 0.29) is 0 Å². The van der Waals surface area contributed by atoms with Gasteiger partial charge < -0.3 is 0 Å². The van der Waals surface area contributed by atoms with Gasteiger partial charge in [0, 0.05) is 0 Å². The van der Waals surface area contributed by atoms with Gasteiger partial charge in [-0.05, 0) is 0 Å². The SMILES string of the molecule is [Ti][CH](c1ccc[nH]1)c1ccc[nH]1. The summed E-state index contributed by atoms with van der Waals surface area (Å²) in [5.41, 5.74) is 2.50. The Morgan fingerprint density at radius 3 is 1.83 bits per heavy atom. The molecule has 0 spiro atoms. The third kappa shape index (κ3) is 1.40. The van der Waals surface area contributed by atoms with Gasteiger partial charge in [-0.15, -0.1) is 0 Å². The van der Waals surface area contributed by atoms with Crippen molar-refractivity contribution in [2.45, 2.75) is 4.22 Å². The van der Waals surface area contributed by atoms with Gasteiger partial charge in [0.05, 0.1) is 0 Å². The van der Waals surface area contributed by atoms with E-state index < -0.39 is 0 Å². The second kappa shape index (κ2) is 3.34. The molecule has 0 atom stereocenters. The summed E-state index contributed by atoms with van der Waals surface area (Å²) < 4.78 is 0.426. The van der Waals surface area contributed by atoms with Crippen LogP contribution in [0.15, 0.2) is 36.7 Å². The summed E-state index contributed by atoms with van der Waals surface area (Å²) in [6.07, 6.45) is 3.91. The molecule has 0 aliphatic heterocycles. The first-order valence-corrected chi connectivity index (χ1v) is 4.76. The normalized spacial score (nSPS) is 10.7. The molecule has 0 aromatic carbocycles. The van der Waals surface area contributed by atoms with Crippen LogP contribution in [0.4, 0.5) is 0 Å². The number of hydrogen-bond donors (Lipinski definition) is 2. The Hall–Kier alpha value is -0.726. The Bertz CT molecular complexity index is 289. The molecule has 0 fully saturated rings. The van der Waals surface area contributed by atoms with Crippen molar-refractivity contribution in [3.8, 4) is 0 Å². The van der Waals surface area contributed by atoms with Crippen molar-refractivity contribution in [1.29, 1.82) is 0 Å². The summed E-state index contributed by atoms with van der Waals surface area (Å²) in [7, 11) is 0. The fraction of sp³-hybridized carbons (Fsp3) is 0.111. The Balaban J connectivity index is 2.27. The van der Waals surface area contributed by atoms with Crippen molar-refractivity contribution in [3.05, 3.63) is 48.0 Å². The number of aromatic nitrogens is 2. The molecule has 0 aliphatic rings. The molecule has 59 valence electrons. The van der Waals surface area contributed by atoms with Crippen molar-refractivity contribution in [3.63, 3.8) is 0 Å². The van der Waals surface area contributed by atoms with Crippen LogP contribution in [-0.4, -0.2) is 9.97 Å². The molecule has 2 rings (SSSR count). The summed E-state index contributed by atoms with van der Waals surface area (Å²) in [5, 5.41) is 0. The molecule has 0 unspecified atom stereocenters. The number of nitrogens with one attached hydrogen (secondary N) is 2. The van der Waals surface area contributed by atoms with Gasteiger partial charge in [0.2, 0.25) is 0 Å². The topological polar surface area (TPSA) is 31.6 Å². The van der Waals surface area contributed by atoms with E-state index in [1.807, 2.05) is 24.5 Å². The maximum atomic E-state index is 3.21.